The van der Waals surface area contributed by atoms with Crippen LogP contribution in [0.5, 0.6) is 0 Å². The van der Waals surface area contributed by atoms with Gasteiger partial charge in [-0.25, -0.2) is 4.79 Å². The molecule has 0 aliphatic carbocycles. The molecule has 0 aromatic heterocycles. The first-order chi connectivity index (χ1) is 15.9. The number of hydrogen-bond acceptors (Lipinski definition) is 2. The zero-order valence-corrected chi connectivity index (χ0v) is 23.6. The normalized spacial score (nSPS) is 14.9. The Morgan fingerprint density at radius 1 is 0.794 bits per heavy atom. The molecule has 0 unspecified atom stereocenters. The lowest BCUT2D eigenvalue weighted by atomic mass is 9.99. The predicted octanol–water partition coefficient (Wildman–Crippen LogP) is 6.25. The Morgan fingerprint density at radius 3 is 1.53 bits per heavy atom. The standard InChI is InChI=1S/C29H35NO2P.HI/c1-29(2,3)32-28(31)30-21-19-24(20-22-30)23-33(25-13-7-4-8-14-25,26-15-9-5-10-16-26)27-17-11-6-12-18-27;/h4-18,24H,19-23H2,1-3H3;1H. The summed E-state index contributed by atoms with van der Waals surface area (Å²) >= 11 is 0. The van der Waals surface area contributed by atoms with E-state index in [1.165, 1.54) is 15.9 Å². The van der Waals surface area contributed by atoms with Crippen LogP contribution in [0.25, 0.3) is 0 Å². The molecule has 3 aromatic rings. The number of hydrogen-bond donors (Lipinski definition) is 0. The van der Waals surface area contributed by atoms with Gasteiger partial charge in [-0.1, -0.05) is 91.0 Å². The summed E-state index contributed by atoms with van der Waals surface area (Å²) in [6.45, 7) is 7.30. The lowest BCUT2D eigenvalue weighted by Crippen LogP contribution is -2.43. The monoisotopic (exact) mass is 588 g/mol. The molecule has 1 radical (unpaired) electrons. The van der Waals surface area contributed by atoms with Crippen LogP contribution >= 0.6 is 31.2 Å². The van der Waals surface area contributed by atoms with Crippen molar-refractivity contribution < 1.29 is 9.53 Å². The summed E-state index contributed by atoms with van der Waals surface area (Å²) in [7, 11) is -1.83. The van der Waals surface area contributed by atoms with Gasteiger partial charge in [-0.2, -0.15) is 0 Å². The van der Waals surface area contributed by atoms with Crippen molar-refractivity contribution in [1.82, 2.24) is 4.90 Å². The summed E-state index contributed by atoms with van der Waals surface area (Å²) in [6, 6.07) is 33.2. The predicted molar refractivity (Wildman–Crippen MR) is 156 cm³/mol. The van der Waals surface area contributed by atoms with Crippen LogP contribution in [0, 0.1) is 5.92 Å². The Kier molecular flexibility index (Phi) is 9.17. The summed E-state index contributed by atoms with van der Waals surface area (Å²) in [5.74, 6) is 0.553. The average Bonchev–Trinajstić information content (AvgIpc) is 2.83. The Morgan fingerprint density at radius 2 is 1.18 bits per heavy atom. The average molecular weight is 588 g/mol. The fourth-order valence-corrected chi connectivity index (χ4v) is 9.53. The topological polar surface area (TPSA) is 29.5 Å². The highest BCUT2D eigenvalue weighted by Gasteiger charge is 2.38. The third kappa shape index (κ3) is 6.20. The fraction of sp³-hybridized carbons (Fsp3) is 0.345. The molecule has 4 rings (SSSR count). The van der Waals surface area contributed by atoms with E-state index in [1.54, 1.807) is 0 Å². The second-order valence-electron chi connectivity index (χ2n) is 9.91. The van der Waals surface area contributed by atoms with Crippen molar-refractivity contribution in [3.05, 3.63) is 91.0 Å². The van der Waals surface area contributed by atoms with E-state index < -0.39 is 12.9 Å². The molecule has 0 N–H and O–H groups in total. The second-order valence-corrected chi connectivity index (χ2v) is 13.4. The van der Waals surface area contributed by atoms with Crippen LogP contribution in [0.3, 0.4) is 0 Å². The van der Waals surface area contributed by atoms with E-state index >= 15 is 0 Å². The highest BCUT2D eigenvalue weighted by Crippen LogP contribution is 2.57. The molecular formula is C29H36INO2P. The number of rotatable bonds is 5. The summed E-state index contributed by atoms with van der Waals surface area (Å²) < 4.78 is 5.62. The van der Waals surface area contributed by atoms with Gasteiger partial charge in [0.2, 0.25) is 0 Å². The SMILES string of the molecule is CC(C)(C)OC(=O)N1CCC(C[P](c2ccccc2)(c2ccccc2)c2ccccc2)CC1.I. The van der Waals surface area contributed by atoms with Crippen LogP contribution in [-0.2, 0) is 4.74 Å². The summed E-state index contributed by atoms with van der Waals surface area (Å²) in [4.78, 5) is 14.5. The molecule has 3 aromatic carbocycles. The molecule has 1 fully saturated rings. The van der Waals surface area contributed by atoms with Crippen molar-refractivity contribution >= 4 is 53.2 Å². The number of ether oxygens (including phenoxy) is 1. The van der Waals surface area contributed by atoms with Crippen LogP contribution in [-0.4, -0.2) is 35.8 Å². The van der Waals surface area contributed by atoms with E-state index in [-0.39, 0.29) is 30.1 Å². The van der Waals surface area contributed by atoms with E-state index in [0.29, 0.717) is 5.92 Å². The van der Waals surface area contributed by atoms with E-state index in [1.807, 2.05) is 25.7 Å². The summed E-state index contributed by atoms with van der Waals surface area (Å²) in [5, 5.41) is 4.28. The molecule has 0 saturated carbocycles. The van der Waals surface area contributed by atoms with Crippen molar-refractivity contribution in [2.24, 2.45) is 5.92 Å². The van der Waals surface area contributed by atoms with Crippen LogP contribution in [0.2, 0.25) is 0 Å². The van der Waals surface area contributed by atoms with Crippen molar-refractivity contribution in [2.75, 3.05) is 19.3 Å². The number of benzene rings is 3. The fourth-order valence-electron chi connectivity index (χ4n) is 4.82. The lowest BCUT2D eigenvalue weighted by Gasteiger charge is -2.43. The van der Waals surface area contributed by atoms with Gasteiger partial charge < -0.3 is 9.64 Å². The Balaban J connectivity index is 0.00000324. The molecule has 1 aliphatic rings. The third-order valence-corrected chi connectivity index (χ3v) is 11.0. The van der Waals surface area contributed by atoms with Gasteiger partial charge >= 0.3 is 6.09 Å². The minimum Gasteiger partial charge on any atom is -0.444 e. The largest absolute Gasteiger partial charge is 0.444 e. The number of nitrogens with zero attached hydrogens (tertiary/aromatic N) is 1. The molecule has 1 saturated heterocycles. The van der Waals surface area contributed by atoms with Gasteiger partial charge in [0.1, 0.15) is 5.60 Å². The highest BCUT2D eigenvalue weighted by atomic mass is 127. The lowest BCUT2D eigenvalue weighted by molar-refractivity contribution is 0.0191. The molecule has 0 bridgehead atoms. The molecule has 34 heavy (non-hydrogen) atoms. The molecule has 1 amide bonds. The first-order valence-corrected chi connectivity index (χ1v) is 13.9. The Hall–Kier alpha value is -1.91. The maximum absolute atomic E-state index is 12.6. The minimum absolute atomic E-state index is 0. The van der Waals surface area contributed by atoms with Crippen LogP contribution in [0.15, 0.2) is 91.0 Å². The quantitative estimate of drug-likeness (QED) is 0.261. The summed E-state index contributed by atoms with van der Waals surface area (Å²) in [5.41, 5.74) is -0.456. The molecular weight excluding hydrogens is 552 g/mol. The van der Waals surface area contributed by atoms with Gasteiger partial charge in [0, 0.05) is 13.1 Å². The first-order valence-electron chi connectivity index (χ1n) is 11.9. The third-order valence-electron chi connectivity index (χ3n) is 6.39. The second kappa shape index (κ2) is 11.7. The number of likely N-dealkylation sites (tertiary alicyclic amines) is 1. The van der Waals surface area contributed by atoms with Gasteiger partial charge in [-0.3, -0.25) is 0 Å². The van der Waals surface area contributed by atoms with E-state index in [9.17, 15) is 4.79 Å². The maximum atomic E-state index is 12.6. The smallest absolute Gasteiger partial charge is 0.410 e. The number of amides is 1. The van der Waals surface area contributed by atoms with Gasteiger partial charge in [-0.15, -0.1) is 24.0 Å². The highest BCUT2D eigenvalue weighted by molar-refractivity contribution is 14.0. The molecule has 0 spiro atoms. The minimum atomic E-state index is -1.83. The molecule has 0 atom stereocenters. The summed E-state index contributed by atoms with van der Waals surface area (Å²) in [6.07, 6.45) is 2.95. The molecule has 5 heteroatoms. The first kappa shape index (κ1) is 26.7. The van der Waals surface area contributed by atoms with Crippen molar-refractivity contribution in [2.45, 2.75) is 39.2 Å². The van der Waals surface area contributed by atoms with Gasteiger partial charge in [-0.05, 0) is 68.9 Å². The Labute approximate surface area is 222 Å². The van der Waals surface area contributed by atoms with Gasteiger partial charge in [0.25, 0.3) is 0 Å². The Bertz CT molecular complexity index is 933. The number of piperidine rings is 1. The number of halogens is 1. The van der Waals surface area contributed by atoms with E-state index in [2.05, 4.69) is 91.0 Å². The van der Waals surface area contributed by atoms with Gasteiger partial charge in [0.05, 0.1) is 0 Å². The zero-order valence-electron chi connectivity index (χ0n) is 20.4. The van der Waals surface area contributed by atoms with Crippen LogP contribution in [0.4, 0.5) is 4.79 Å². The van der Waals surface area contributed by atoms with E-state index in [0.717, 1.165) is 32.1 Å². The number of carbonyl (C=O) groups excluding carboxylic acids is 1. The molecule has 1 heterocycles. The van der Waals surface area contributed by atoms with Crippen molar-refractivity contribution in [3.8, 4) is 0 Å². The van der Waals surface area contributed by atoms with Crippen molar-refractivity contribution in [1.29, 1.82) is 0 Å². The van der Waals surface area contributed by atoms with Crippen LogP contribution in [0.1, 0.15) is 33.6 Å². The molecule has 3 nitrogen and oxygen atoms in total. The van der Waals surface area contributed by atoms with E-state index in [4.69, 9.17) is 4.74 Å². The zero-order chi connectivity index (χ0) is 23.3. The van der Waals surface area contributed by atoms with Gasteiger partial charge in [0.15, 0.2) is 0 Å². The maximum Gasteiger partial charge on any atom is 0.410 e. The molecule has 1 aliphatic heterocycles. The number of carbonyl (C=O) groups is 1. The van der Waals surface area contributed by atoms with Crippen molar-refractivity contribution in [3.63, 3.8) is 0 Å². The molecule has 181 valence electrons. The van der Waals surface area contributed by atoms with Crippen LogP contribution < -0.4 is 15.9 Å².